The van der Waals surface area contributed by atoms with Crippen LogP contribution in [-0.2, 0) is 4.74 Å². The molecule has 0 fully saturated rings. The van der Waals surface area contributed by atoms with Gasteiger partial charge in [0.05, 0.1) is 23.3 Å². The Morgan fingerprint density at radius 2 is 2.00 bits per heavy atom. The molecule has 9 nitrogen and oxygen atoms in total. The second-order valence-corrected chi connectivity index (χ2v) is 5.75. The maximum Gasteiger partial charge on any atom is 0.339 e. The molecule has 0 aliphatic heterocycles. The summed E-state index contributed by atoms with van der Waals surface area (Å²) in [5.41, 5.74) is 0.619. The first-order valence-corrected chi connectivity index (χ1v) is 7.80. The van der Waals surface area contributed by atoms with Gasteiger partial charge < -0.3 is 4.74 Å². The summed E-state index contributed by atoms with van der Waals surface area (Å²) >= 11 is 1.11. The van der Waals surface area contributed by atoms with E-state index in [0.29, 0.717) is 10.1 Å². The van der Waals surface area contributed by atoms with Gasteiger partial charge in [0, 0.05) is 17.0 Å². The van der Waals surface area contributed by atoms with Crippen LogP contribution in [-0.4, -0.2) is 38.2 Å². The molecule has 0 N–H and O–H groups in total. The Kier molecular flexibility index (Phi) is 4.70. The Labute approximate surface area is 145 Å². The summed E-state index contributed by atoms with van der Waals surface area (Å²) < 4.78 is 6.22. The quantitative estimate of drug-likeness (QED) is 0.389. The van der Waals surface area contributed by atoms with Crippen LogP contribution in [0.2, 0.25) is 0 Å². The smallest absolute Gasteiger partial charge is 0.339 e. The molecule has 0 spiro atoms. The number of tetrazole rings is 1. The molecule has 0 aliphatic rings. The van der Waals surface area contributed by atoms with Crippen molar-refractivity contribution >= 4 is 23.4 Å². The summed E-state index contributed by atoms with van der Waals surface area (Å²) in [5.74, 6) is -0.676. The summed E-state index contributed by atoms with van der Waals surface area (Å²) in [6.07, 6.45) is 0. The number of hydrogen-bond acceptors (Lipinski definition) is 8. The van der Waals surface area contributed by atoms with E-state index in [4.69, 9.17) is 4.74 Å². The first-order chi connectivity index (χ1) is 12.1. The lowest BCUT2D eigenvalue weighted by Gasteiger charge is -2.08. The first kappa shape index (κ1) is 16.6. The molecule has 126 valence electrons. The SMILES string of the molecule is COC(=O)c1cc([N+](=O)[O-])ccc1Sc1nnnn1-c1ccccc1. The number of carbonyl (C=O) groups is 1. The zero-order valence-corrected chi connectivity index (χ0v) is 13.7. The van der Waals surface area contributed by atoms with Gasteiger partial charge in [-0.1, -0.05) is 18.2 Å². The van der Waals surface area contributed by atoms with Crippen molar-refractivity contribution in [3.63, 3.8) is 0 Å². The molecule has 10 heteroatoms. The number of ether oxygens (including phenoxy) is 1. The fraction of sp³-hybridized carbons (Fsp3) is 0.0667. The van der Waals surface area contributed by atoms with Crippen LogP contribution < -0.4 is 0 Å². The topological polar surface area (TPSA) is 113 Å². The third kappa shape index (κ3) is 3.48. The summed E-state index contributed by atoms with van der Waals surface area (Å²) in [7, 11) is 1.21. The normalized spacial score (nSPS) is 10.4. The minimum Gasteiger partial charge on any atom is -0.465 e. The summed E-state index contributed by atoms with van der Waals surface area (Å²) in [6, 6.07) is 13.2. The Morgan fingerprint density at radius 1 is 1.24 bits per heavy atom. The summed E-state index contributed by atoms with van der Waals surface area (Å²) in [5, 5.41) is 22.9. The summed E-state index contributed by atoms with van der Waals surface area (Å²) in [4.78, 5) is 22.8. The number of aromatic nitrogens is 4. The van der Waals surface area contributed by atoms with Gasteiger partial charge >= 0.3 is 5.97 Å². The van der Waals surface area contributed by atoms with E-state index in [1.165, 1.54) is 30.0 Å². The Morgan fingerprint density at radius 3 is 2.68 bits per heavy atom. The molecular formula is C15H11N5O4S. The van der Waals surface area contributed by atoms with Gasteiger partial charge in [-0.15, -0.1) is 5.10 Å². The van der Waals surface area contributed by atoms with Crippen molar-refractivity contribution in [1.82, 2.24) is 20.2 Å². The lowest BCUT2D eigenvalue weighted by Crippen LogP contribution is -2.05. The maximum atomic E-state index is 12.0. The van der Waals surface area contributed by atoms with Gasteiger partial charge in [0.1, 0.15) is 0 Å². The minimum absolute atomic E-state index is 0.0734. The van der Waals surface area contributed by atoms with Crippen LogP contribution in [0, 0.1) is 10.1 Å². The Bertz CT molecular complexity index is 929. The molecule has 0 saturated carbocycles. The highest BCUT2D eigenvalue weighted by molar-refractivity contribution is 7.99. The lowest BCUT2D eigenvalue weighted by molar-refractivity contribution is -0.384. The predicted octanol–water partition coefficient (Wildman–Crippen LogP) is 2.51. The van der Waals surface area contributed by atoms with E-state index >= 15 is 0 Å². The third-order valence-electron chi connectivity index (χ3n) is 3.22. The second kappa shape index (κ2) is 7.09. The highest BCUT2D eigenvalue weighted by Crippen LogP contribution is 2.32. The van der Waals surface area contributed by atoms with Crippen LogP contribution in [0.1, 0.15) is 10.4 Å². The van der Waals surface area contributed by atoms with Crippen molar-refractivity contribution in [2.24, 2.45) is 0 Å². The van der Waals surface area contributed by atoms with Crippen LogP contribution in [0.15, 0.2) is 58.6 Å². The van der Waals surface area contributed by atoms with Gasteiger partial charge in [0.2, 0.25) is 5.16 Å². The highest BCUT2D eigenvalue weighted by atomic mass is 32.2. The molecule has 0 amide bonds. The fourth-order valence-electron chi connectivity index (χ4n) is 2.06. The molecule has 0 atom stereocenters. The van der Waals surface area contributed by atoms with Crippen LogP contribution in [0.5, 0.6) is 0 Å². The average molecular weight is 357 g/mol. The molecule has 0 bridgehead atoms. The van der Waals surface area contributed by atoms with E-state index in [1.54, 1.807) is 0 Å². The number of esters is 1. The zero-order valence-electron chi connectivity index (χ0n) is 12.9. The van der Waals surface area contributed by atoms with Crippen LogP contribution >= 0.6 is 11.8 Å². The maximum absolute atomic E-state index is 12.0. The second-order valence-electron chi connectivity index (χ2n) is 4.74. The van der Waals surface area contributed by atoms with Gasteiger partial charge in [-0.05, 0) is 40.4 Å². The van der Waals surface area contributed by atoms with Gasteiger partial charge in [0.15, 0.2) is 0 Å². The van der Waals surface area contributed by atoms with Crippen molar-refractivity contribution in [2.75, 3.05) is 7.11 Å². The molecular weight excluding hydrogens is 346 g/mol. The molecule has 1 aromatic heterocycles. The van der Waals surface area contributed by atoms with Gasteiger partial charge in [0.25, 0.3) is 5.69 Å². The molecule has 25 heavy (non-hydrogen) atoms. The Balaban J connectivity index is 2.00. The van der Waals surface area contributed by atoms with E-state index in [2.05, 4.69) is 15.5 Å². The molecule has 0 unspecified atom stereocenters. The number of rotatable bonds is 5. The van der Waals surface area contributed by atoms with Crippen molar-refractivity contribution in [1.29, 1.82) is 0 Å². The summed E-state index contributed by atoms with van der Waals surface area (Å²) in [6.45, 7) is 0. The molecule has 2 aromatic carbocycles. The number of para-hydroxylation sites is 1. The molecule has 0 radical (unpaired) electrons. The average Bonchev–Trinajstić information content (AvgIpc) is 3.10. The lowest BCUT2D eigenvalue weighted by atomic mass is 10.2. The zero-order chi connectivity index (χ0) is 17.8. The number of non-ortho nitro benzene ring substituents is 1. The number of nitro benzene ring substituents is 1. The van der Waals surface area contributed by atoms with E-state index in [0.717, 1.165) is 17.4 Å². The van der Waals surface area contributed by atoms with E-state index in [-0.39, 0.29) is 11.3 Å². The van der Waals surface area contributed by atoms with E-state index in [1.807, 2.05) is 30.3 Å². The number of nitrogens with zero attached hydrogens (tertiary/aromatic N) is 5. The first-order valence-electron chi connectivity index (χ1n) is 6.98. The van der Waals surface area contributed by atoms with Crippen molar-refractivity contribution in [2.45, 2.75) is 10.1 Å². The number of methoxy groups -OCH3 is 1. The van der Waals surface area contributed by atoms with Crippen molar-refractivity contribution < 1.29 is 14.5 Å². The molecule has 0 aliphatic carbocycles. The van der Waals surface area contributed by atoms with Crippen molar-refractivity contribution in [3.05, 3.63) is 64.2 Å². The molecule has 1 heterocycles. The number of carbonyl (C=O) groups excluding carboxylic acids is 1. The largest absolute Gasteiger partial charge is 0.465 e. The molecule has 0 saturated heterocycles. The molecule has 3 aromatic rings. The predicted molar refractivity (Wildman–Crippen MR) is 87.7 cm³/mol. The minimum atomic E-state index is -0.676. The number of nitro groups is 1. The number of benzene rings is 2. The van der Waals surface area contributed by atoms with Crippen LogP contribution in [0.25, 0.3) is 5.69 Å². The monoisotopic (exact) mass is 357 g/mol. The van der Waals surface area contributed by atoms with Gasteiger partial charge in [-0.25, -0.2) is 4.79 Å². The van der Waals surface area contributed by atoms with Crippen LogP contribution in [0.4, 0.5) is 5.69 Å². The van der Waals surface area contributed by atoms with Crippen molar-refractivity contribution in [3.8, 4) is 5.69 Å². The van der Waals surface area contributed by atoms with Gasteiger partial charge in [-0.3, -0.25) is 10.1 Å². The van der Waals surface area contributed by atoms with E-state index in [9.17, 15) is 14.9 Å². The molecule has 3 rings (SSSR count). The highest BCUT2D eigenvalue weighted by Gasteiger charge is 2.20. The van der Waals surface area contributed by atoms with E-state index < -0.39 is 10.9 Å². The van der Waals surface area contributed by atoms with Crippen LogP contribution in [0.3, 0.4) is 0 Å². The Hall–Kier alpha value is -3.27. The van der Waals surface area contributed by atoms with Gasteiger partial charge in [-0.2, -0.15) is 4.68 Å². The number of hydrogen-bond donors (Lipinski definition) is 0. The third-order valence-corrected chi connectivity index (χ3v) is 4.24. The standard InChI is InChI=1S/C15H11N5O4S/c1-24-14(21)12-9-11(20(22)23)7-8-13(12)25-15-16-17-18-19(15)10-5-3-2-4-6-10/h2-9H,1H3. The fourth-order valence-corrected chi connectivity index (χ4v) is 2.95.